The third kappa shape index (κ3) is 5.04. The number of anilines is 1. The molecule has 2 rings (SSSR count). The van der Waals surface area contributed by atoms with Gasteiger partial charge >= 0.3 is 0 Å². The molecule has 6 nitrogen and oxygen atoms in total. The normalized spacial score (nSPS) is 13.0. The number of nitrogens with zero attached hydrogens (tertiary/aromatic N) is 2. The first-order valence-electron chi connectivity index (χ1n) is 6.81. The van der Waals surface area contributed by atoms with Crippen LogP contribution in [0.4, 0.5) is 5.69 Å². The number of hydrogen-bond donors (Lipinski definition) is 2. The highest BCUT2D eigenvalue weighted by Gasteiger charge is 2.30. The number of benzene rings is 1. The second-order valence-electron chi connectivity index (χ2n) is 5.15. The van der Waals surface area contributed by atoms with E-state index in [2.05, 4.69) is 26.3 Å². The van der Waals surface area contributed by atoms with Crippen molar-refractivity contribution >= 4 is 39.9 Å². The second kappa shape index (κ2) is 8.44. The zero-order chi connectivity index (χ0) is 16.2. The van der Waals surface area contributed by atoms with E-state index < -0.39 is 5.54 Å². The van der Waals surface area contributed by atoms with E-state index in [9.17, 15) is 4.79 Å². The lowest BCUT2D eigenvalue weighted by Gasteiger charge is -2.23. The van der Waals surface area contributed by atoms with Crippen LogP contribution >= 0.6 is 28.3 Å². The third-order valence-corrected chi connectivity index (χ3v) is 3.86. The number of nitrogens with two attached hydrogens (primary N) is 1. The molecular weight excluding hydrogens is 384 g/mol. The van der Waals surface area contributed by atoms with Gasteiger partial charge in [0.1, 0.15) is 5.54 Å². The van der Waals surface area contributed by atoms with Crippen molar-refractivity contribution in [1.82, 2.24) is 9.78 Å². The van der Waals surface area contributed by atoms with Gasteiger partial charge in [-0.25, -0.2) is 0 Å². The van der Waals surface area contributed by atoms with Gasteiger partial charge in [-0.3, -0.25) is 9.48 Å². The van der Waals surface area contributed by atoms with Crippen molar-refractivity contribution in [3.63, 3.8) is 0 Å². The molecule has 2 aromatic rings. The van der Waals surface area contributed by atoms with E-state index in [-0.39, 0.29) is 18.3 Å². The summed E-state index contributed by atoms with van der Waals surface area (Å²) in [6.45, 7) is 2.86. The molecule has 1 unspecified atom stereocenters. The van der Waals surface area contributed by atoms with Crippen molar-refractivity contribution < 1.29 is 9.53 Å². The van der Waals surface area contributed by atoms with Gasteiger partial charge < -0.3 is 15.8 Å². The number of nitrogens with one attached hydrogen (secondary N) is 1. The Morgan fingerprint density at radius 3 is 2.70 bits per heavy atom. The predicted molar refractivity (Wildman–Crippen MR) is 95.7 cm³/mol. The van der Waals surface area contributed by atoms with Gasteiger partial charge in [-0.1, -0.05) is 28.1 Å². The Bertz CT molecular complexity index is 643. The summed E-state index contributed by atoms with van der Waals surface area (Å²) in [6.07, 6.45) is 3.33. The highest BCUT2D eigenvalue weighted by molar-refractivity contribution is 9.10. The monoisotopic (exact) mass is 402 g/mol. The summed E-state index contributed by atoms with van der Waals surface area (Å²) in [7, 11) is 1.63. The molecule has 23 heavy (non-hydrogen) atoms. The SMILES string of the molecule is COCCn1cc(NC(=O)C(C)(N)c2ccc(Br)cc2)cn1.Cl. The number of halogens is 2. The summed E-state index contributed by atoms with van der Waals surface area (Å²) in [5, 5.41) is 6.94. The van der Waals surface area contributed by atoms with Crippen LogP contribution in [0.1, 0.15) is 12.5 Å². The fraction of sp³-hybridized carbons (Fsp3) is 0.333. The van der Waals surface area contributed by atoms with Gasteiger partial charge in [-0.2, -0.15) is 5.10 Å². The Morgan fingerprint density at radius 2 is 2.09 bits per heavy atom. The topological polar surface area (TPSA) is 82.2 Å². The van der Waals surface area contributed by atoms with Gasteiger partial charge in [0.05, 0.1) is 25.0 Å². The Kier molecular flexibility index (Phi) is 7.21. The fourth-order valence-corrected chi connectivity index (χ4v) is 2.19. The molecule has 0 spiro atoms. The second-order valence-corrected chi connectivity index (χ2v) is 6.06. The van der Waals surface area contributed by atoms with Crippen LogP contribution in [-0.4, -0.2) is 29.4 Å². The molecule has 0 saturated carbocycles. The molecular formula is C15H20BrClN4O2. The Hall–Kier alpha value is -1.41. The Balaban J connectivity index is 0.00000264. The first-order chi connectivity index (χ1) is 10.4. The van der Waals surface area contributed by atoms with Gasteiger partial charge in [0.25, 0.3) is 0 Å². The average Bonchev–Trinajstić information content (AvgIpc) is 2.93. The number of aromatic nitrogens is 2. The Labute approximate surface area is 149 Å². The number of ether oxygens (including phenoxy) is 1. The molecule has 0 aliphatic rings. The quantitative estimate of drug-likeness (QED) is 0.776. The summed E-state index contributed by atoms with van der Waals surface area (Å²) in [4.78, 5) is 12.4. The zero-order valence-electron chi connectivity index (χ0n) is 13.0. The molecule has 0 fully saturated rings. The van der Waals surface area contributed by atoms with Crippen LogP contribution in [0.25, 0.3) is 0 Å². The molecule has 126 valence electrons. The summed E-state index contributed by atoms with van der Waals surface area (Å²) in [5.74, 6) is -0.291. The standard InChI is InChI=1S/C15H19BrN4O2.ClH/c1-15(17,11-3-5-12(16)6-4-11)14(21)19-13-9-18-20(10-13)7-8-22-2;/h3-6,9-10H,7-8,17H2,1-2H3,(H,19,21);1H. The number of carbonyl (C=O) groups excluding carboxylic acids is 1. The lowest BCUT2D eigenvalue weighted by molar-refractivity contribution is -0.120. The molecule has 0 radical (unpaired) electrons. The minimum absolute atomic E-state index is 0. The van der Waals surface area contributed by atoms with Crippen LogP contribution < -0.4 is 11.1 Å². The smallest absolute Gasteiger partial charge is 0.248 e. The molecule has 0 aliphatic carbocycles. The molecule has 3 N–H and O–H groups in total. The minimum atomic E-state index is -1.13. The van der Waals surface area contributed by atoms with Gasteiger partial charge in [-0.05, 0) is 24.6 Å². The van der Waals surface area contributed by atoms with Crippen LogP contribution in [-0.2, 0) is 21.6 Å². The molecule has 1 heterocycles. The molecule has 8 heteroatoms. The maximum Gasteiger partial charge on any atom is 0.248 e. The Morgan fingerprint density at radius 1 is 1.43 bits per heavy atom. The minimum Gasteiger partial charge on any atom is -0.383 e. The molecule has 1 aromatic heterocycles. The highest BCUT2D eigenvalue weighted by atomic mass is 79.9. The lowest BCUT2D eigenvalue weighted by Crippen LogP contribution is -2.45. The number of amides is 1. The lowest BCUT2D eigenvalue weighted by atomic mass is 9.92. The third-order valence-electron chi connectivity index (χ3n) is 3.33. The van der Waals surface area contributed by atoms with Crippen LogP contribution in [0.3, 0.4) is 0 Å². The summed E-state index contributed by atoms with van der Waals surface area (Å²) >= 11 is 3.36. The van der Waals surface area contributed by atoms with Crippen LogP contribution in [0.2, 0.25) is 0 Å². The van der Waals surface area contributed by atoms with Crippen LogP contribution in [0.5, 0.6) is 0 Å². The predicted octanol–water partition coefficient (Wildman–Crippen LogP) is 2.53. The molecule has 0 aliphatic heterocycles. The van der Waals surface area contributed by atoms with E-state index in [1.54, 1.807) is 31.1 Å². The molecule has 1 aromatic carbocycles. The summed E-state index contributed by atoms with van der Waals surface area (Å²) < 4.78 is 7.62. The van der Waals surface area contributed by atoms with Crippen molar-refractivity contribution in [2.45, 2.75) is 19.0 Å². The van der Waals surface area contributed by atoms with Crippen LogP contribution in [0, 0.1) is 0 Å². The summed E-state index contributed by atoms with van der Waals surface area (Å²) in [5.41, 5.74) is 6.40. The van der Waals surface area contributed by atoms with Crippen molar-refractivity contribution in [3.8, 4) is 0 Å². The molecule has 1 atom stereocenters. The van der Waals surface area contributed by atoms with Gasteiger partial charge in [0, 0.05) is 17.8 Å². The van der Waals surface area contributed by atoms with E-state index in [4.69, 9.17) is 10.5 Å². The van der Waals surface area contributed by atoms with E-state index in [0.29, 0.717) is 18.8 Å². The maximum atomic E-state index is 12.4. The summed E-state index contributed by atoms with van der Waals surface area (Å²) in [6, 6.07) is 7.37. The first kappa shape index (κ1) is 19.6. The van der Waals surface area contributed by atoms with Gasteiger partial charge in [0.2, 0.25) is 5.91 Å². The fourth-order valence-electron chi connectivity index (χ4n) is 1.92. The van der Waals surface area contributed by atoms with Crippen LogP contribution in [0.15, 0.2) is 41.1 Å². The van der Waals surface area contributed by atoms with Crippen molar-refractivity contribution in [1.29, 1.82) is 0 Å². The first-order valence-corrected chi connectivity index (χ1v) is 7.60. The van der Waals surface area contributed by atoms with E-state index in [1.807, 2.05) is 24.3 Å². The van der Waals surface area contributed by atoms with E-state index >= 15 is 0 Å². The number of carbonyl (C=O) groups is 1. The van der Waals surface area contributed by atoms with Crippen molar-refractivity contribution in [2.24, 2.45) is 5.73 Å². The van der Waals surface area contributed by atoms with Gasteiger partial charge in [-0.15, -0.1) is 12.4 Å². The highest BCUT2D eigenvalue weighted by Crippen LogP contribution is 2.22. The number of rotatable bonds is 6. The van der Waals surface area contributed by atoms with E-state index in [1.165, 1.54) is 0 Å². The molecule has 0 saturated heterocycles. The van der Waals surface area contributed by atoms with Gasteiger partial charge in [0.15, 0.2) is 0 Å². The molecule has 0 bridgehead atoms. The van der Waals surface area contributed by atoms with Crippen molar-refractivity contribution in [2.75, 3.05) is 19.0 Å². The average molecular weight is 404 g/mol. The largest absolute Gasteiger partial charge is 0.383 e. The maximum absolute atomic E-state index is 12.4. The van der Waals surface area contributed by atoms with Crippen molar-refractivity contribution in [3.05, 3.63) is 46.7 Å². The number of methoxy groups -OCH3 is 1. The zero-order valence-corrected chi connectivity index (χ0v) is 15.4. The van der Waals surface area contributed by atoms with E-state index in [0.717, 1.165) is 10.0 Å². The molecule has 1 amide bonds. The number of hydrogen-bond acceptors (Lipinski definition) is 4.